The van der Waals surface area contributed by atoms with Crippen molar-refractivity contribution >= 4 is 17.0 Å². The fraction of sp³-hybridized carbons (Fsp3) is 0.706. The van der Waals surface area contributed by atoms with Crippen LogP contribution in [0.15, 0.2) is 4.79 Å². The van der Waals surface area contributed by atoms with Gasteiger partial charge < -0.3 is 20.8 Å². The number of hydrogen-bond donors (Lipinski definition) is 3. The number of anilines is 1. The number of ether oxygens (including phenoxy) is 1. The highest BCUT2D eigenvalue weighted by Gasteiger charge is 2.18. The van der Waals surface area contributed by atoms with Gasteiger partial charge in [-0.1, -0.05) is 26.7 Å². The van der Waals surface area contributed by atoms with Gasteiger partial charge in [-0.25, -0.2) is 4.79 Å². The summed E-state index contributed by atoms with van der Waals surface area (Å²) in [7, 11) is 1.93. The van der Waals surface area contributed by atoms with Crippen molar-refractivity contribution in [3.63, 3.8) is 0 Å². The third kappa shape index (κ3) is 4.72. The molecular weight excluding hydrogens is 320 g/mol. The highest BCUT2D eigenvalue weighted by Crippen LogP contribution is 2.20. The molecule has 8 heteroatoms. The minimum absolute atomic E-state index is 0.0000161. The lowest BCUT2D eigenvalue weighted by Gasteiger charge is -2.16. The molecule has 2 aromatic heterocycles. The van der Waals surface area contributed by atoms with Crippen molar-refractivity contribution < 1.29 is 4.74 Å². The first-order valence-electron chi connectivity index (χ1n) is 9.07. The van der Waals surface area contributed by atoms with Crippen LogP contribution >= 0.6 is 0 Å². The standard InChI is InChI=1S/C17H30N6O2/c1-5-7-11(3)25-16-21-14(18)13-15(22-16)23(17(24)20-13)10-12(6-2)8-9-19-4/h11-12,19H,5-10H2,1-4H3,(H,20,24)(H2,18,21,22)/t11-,12?/m0/s1. The highest BCUT2D eigenvalue weighted by atomic mass is 16.5. The fourth-order valence-electron chi connectivity index (χ4n) is 2.93. The molecule has 2 atom stereocenters. The van der Waals surface area contributed by atoms with Gasteiger partial charge in [0.1, 0.15) is 5.52 Å². The van der Waals surface area contributed by atoms with Gasteiger partial charge in [0.05, 0.1) is 6.10 Å². The molecule has 0 aromatic carbocycles. The van der Waals surface area contributed by atoms with E-state index in [4.69, 9.17) is 10.5 Å². The van der Waals surface area contributed by atoms with E-state index < -0.39 is 0 Å². The Morgan fingerprint density at radius 1 is 1.32 bits per heavy atom. The van der Waals surface area contributed by atoms with Crippen LogP contribution in [0, 0.1) is 5.92 Å². The first kappa shape index (κ1) is 19.2. The Bertz CT molecular complexity index is 739. The number of nitrogens with one attached hydrogen (secondary N) is 2. The molecule has 2 aromatic rings. The van der Waals surface area contributed by atoms with Crippen molar-refractivity contribution in [1.82, 2.24) is 24.8 Å². The molecule has 1 unspecified atom stereocenters. The molecule has 2 rings (SSSR count). The van der Waals surface area contributed by atoms with Crippen LogP contribution in [0.5, 0.6) is 6.01 Å². The van der Waals surface area contributed by atoms with Crippen LogP contribution in [0.25, 0.3) is 11.2 Å². The van der Waals surface area contributed by atoms with Crippen molar-refractivity contribution in [2.45, 2.75) is 59.1 Å². The van der Waals surface area contributed by atoms with Crippen LogP contribution in [-0.2, 0) is 6.54 Å². The molecule has 0 amide bonds. The molecule has 8 nitrogen and oxygen atoms in total. The van der Waals surface area contributed by atoms with E-state index in [0.717, 1.165) is 32.2 Å². The summed E-state index contributed by atoms with van der Waals surface area (Å²) in [4.78, 5) is 23.8. The maximum Gasteiger partial charge on any atom is 0.327 e. The molecule has 140 valence electrons. The average Bonchev–Trinajstić information content (AvgIpc) is 2.88. The maximum absolute atomic E-state index is 12.4. The van der Waals surface area contributed by atoms with Crippen LogP contribution in [-0.4, -0.2) is 39.2 Å². The van der Waals surface area contributed by atoms with Crippen LogP contribution in [0.2, 0.25) is 0 Å². The zero-order valence-electron chi connectivity index (χ0n) is 15.6. The van der Waals surface area contributed by atoms with Crippen molar-refractivity contribution in [2.24, 2.45) is 5.92 Å². The molecule has 0 saturated carbocycles. The normalized spacial score (nSPS) is 13.9. The molecule has 0 bridgehead atoms. The monoisotopic (exact) mass is 350 g/mol. The molecule has 0 aliphatic heterocycles. The lowest BCUT2D eigenvalue weighted by molar-refractivity contribution is 0.193. The second kappa shape index (κ2) is 8.84. The summed E-state index contributed by atoms with van der Waals surface area (Å²) in [6.07, 6.45) is 3.89. The van der Waals surface area contributed by atoms with Gasteiger partial charge in [0.15, 0.2) is 11.5 Å². The zero-order chi connectivity index (χ0) is 18.4. The Morgan fingerprint density at radius 2 is 2.08 bits per heavy atom. The lowest BCUT2D eigenvalue weighted by atomic mass is 10.0. The van der Waals surface area contributed by atoms with E-state index in [0.29, 0.717) is 23.6 Å². The maximum atomic E-state index is 12.4. The summed E-state index contributed by atoms with van der Waals surface area (Å²) in [5.74, 6) is 0.617. The molecule has 0 fully saturated rings. The van der Waals surface area contributed by atoms with Gasteiger partial charge in [-0.3, -0.25) is 4.57 Å². The van der Waals surface area contributed by atoms with E-state index in [1.165, 1.54) is 0 Å². The summed E-state index contributed by atoms with van der Waals surface area (Å²) in [5.41, 5.74) is 6.79. The van der Waals surface area contributed by atoms with Crippen LogP contribution in [0.3, 0.4) is 0 Å². The highest BCUT2D eigenvalue weighted by molar-refractivity contribution is 5.81. The average molecular weight is 350 g/mol. The minimum atomic E-state index is -0.210. The quantitative estimate of drug-likeness (QED) is 0.603. The first-order valence-corrected chi connectivity index (χ1v) is 9.07. The van der Waals surface area contributed by atoms with E-state index >= 15 is 0 Å². The van der Waals surface area contributed by atoms with Crippen LogP contribution in [0.4, 0.5) is 5.82 Å². The Morgan fingerprint density at radius 3 is 2.72 bits per heavy atom. The van der Waals surface area contributed by atoms with Crippen LogP contribution in [0.1, 0.15) is 46.5 Å². The van der Waals surface area contributed by atoms with E-state index in [2.05, 4.69) is 34.1 Å². The molecule has 0 aliphatic rings. The molecular formula is C17H30N6O2. The second-order valence-electron chi connectivity index (χ2n) is 6.51. The summed E-state index contributed by atoms with van der Waals surface area (Å²) in [6.45, 7) is 7.71. The topological polar surface area (TPSA) is 111 Å². The number of fused-ring (bicyclic) bond motifs is 1. The summed E-state index contributed by atoms with van der Waals surface area (Å²) in [5, 5.41) is 3.15. The molecule has 4 N–H and O–H groups in total. The van der Waals surface area contributed by atoms with Gasteiger partial charge in [-0.15, -0.1) is 0 Å². The smallest absolute Gasteiger partial charge is 0.327 e. The van der Waals surface area contributed by atoms with Crippen molar-refractivity contribution in [1.29, 1.82) is 0 Å². The summed E-state index contributed by atoms with van der Waals surface area (Å²) in [6, 6.07) is 0.224. The van der Waals surface area contributed by atoms with Gasteiger partial charge in [-0.05, 0) is 39.3 Å². The van der Waals surface area contributed by atoms with E-state index in [1.54, 1.807) is 4.57 Å². The fourth-order valence-corrected chi connectivity index (χ4v) is 2.93. The number of rotatable bonds is 10. The molecule has 2 heterocycles. The van der Waals surface area contributed by atoms with Gasteiger partial charge in [0, 0.05) is 6.54 Å². The third-order valence-corrected chi connectivity index (χ3v) is 4.45. The van der Waals surface area contributed by atoms with Gasteiger partial charge in [0.25, 0.3) is 0 Å². The minimum Gasteiger partial charge on any atom is -0.460 e. The van der Waals surface area contributed by atoms with Crippen molar-refractivity contribution in [2.75, 3.05) is 19.3 Å². The van der Waals surface area contributed by atoms with Gasteiger partial charge >= 0.3 is 11.7 Å². The number of H-pyrrole nitrogens is 1. The molecule has 0 spiro atoms. The molecule has 25 heavy (non-hydrogen) atoms. The van der Waals surface area contributed by atoms with Gasteiger partial charge in [-0.2, -0.15) is 9.97 Å². The largest absolute Gasteiger partial charge is 0.460 e. The summed E-state index contributed by atoms with van der Waals surface area (Å²) >= 11 is 0. The van der Waals surface area contributed by atoms with Crippen molar-refractivity contribution in [3.05, 3.63) is 10.5 Å². The molecule has 0 radical (unpaired) electrons. The Hall–Kier alpha value is -2.09. The number of nitrogens with zero attached hydrogens (tertiary/aromatic N) is 3. The number of nitrogens with two attached hydrogens (primary N) is 1. The number of aromatic nitrogens is 4. The Balaban J connectivity index is 2.34. The molecule has 0 aliphatic carbocycles. The van der Waals surface area contributed by atoms with E-state index in [9.17, 15) is 4.79 Å². The zero-order valence-corrected chi connectivity index (χ0v) is 15.6. The third-order valence-electron chi connectivity index (χ3n) is 4.45. The Labute approximate surface area is 148 Å². The first-order chi connectivity index (χ1) is 12.0. The predicted molar refractivity (Wildman–Crippen MR) is 99.9 cm³/mol. The van der Waals surface area contributed by atoms with Crippen molar-refractivity contribution in [3.8, 4) is 6.01 Å². The summed E-state index contributed by atoms with van der Waals surface area (Å²) < 4.78 is 7.41. The van der Waals surface area contributed by atoms with Crippen LogP contribution < -0.4 is 21.5 Å². The molecule has 0 saturated heterocycles. The van der Waals surface area contributed by atoms with E-state index in [-0.39, 0.29) is 23.6 Å². The number of aromatic amines is 1. The number of imidazole rings is 1. The number of hydrogen-bond acceptors (Lipinski definition) is 6. The van der Waals surface area contributed by atoms with Gasteiger partial charge in [0.2, 0.25) is 0 Å². The van der Waals surface area contributed by atoms with E-state index in [1.807, 2.05) is 14.0 Å². The SMILES string of the molecule is CCC[C@H](C)Oc1nc(N)c2[nH]c(=O)n(CC(CC)CCNC)c2n1. The Kier molecular flexibility index (Phi) is 6.81. The lowest BCUT2D eigenvalue weighted by Crippen LogP contribution is -2.24. The second-order valence-corrected chi connectivity index (χ2v) is 6.51. The predicted octanol–water partition coefficient (Wildman–Crippen LogP) is 1.90. The number of nitrogen functional groups attached to an aromatic ring is 1.